The SMILES string of the molecule is Cc1ccccc1C(=O)N1CC(C(=O)NCC(C)C)C(c2cccc(C(F)(F)F)c2)C1. The van der Waals surface area contributed by atoms with E-state index < -0.39 is 23.6 Å². The van der Waals surface area contributed by atoms with Gasteiger partial charge in [-0.25, -0.2) is 0 Å². The number of halogens is 3. The molecule has 1 fully saturated rings. The van der Waals surface area contributed by atoms with Gasteiger partial charge >= 0.3 is 6.18 Å². The van der Waals surface area contributed by atoms with Crippen LogP contribution in [0.1, 0.15) is 46.8 Å². The predicted octanol–water partition coefficient (Wildman–Crippen LogP) is 4.64. The van der Waals surface area contributed by atoms with Gasteiger partial charge in [0.25, 0.3) is 5.91 Å². The van der Waals surface area contributed by atoms with Gasteiger partial charge in [0, 0.05) is 31.1 Å². The molecular weight excluding hydrogens is 405 g/mol. The minimum absolute atomic E-state index is 0.165. The Bertz CT molecular complexity index is 956. The second-order valence-corrected chi connectivity index (χ2v) is 8.50. The summed E-state index contributed by atoms with van der Waals surface area (Å²) >= 11 is 0. The van der Waals surface area contributed by atoms with Crippen molar-refractivity contribution in [1.82, 2.24) is 10.2 Å². The molecule has 31 heavy (non-hydrogen) atoms. The minimum Gasteiger partial charge on any atom is -0.356 e. The number of benzene rings is 2. The van der Waals surface area contributed by atoms with Gasteiger partial charge in [-0.05, 0) is 36.1 Å². The fourth-order valence-electron chi connectivity index (χ4n) is 3.94. The highest BCUT2D eigenvalue weighted by molar-refractivity contribution is 5.96. The first kappa shape index (κ1) is 22.8. The van der Waals surface area contributed by atoms with Crippen molar-refractivity contribution in [1.29, 1.82) is 0 Å². The number of carbonyl (C=O) groups is 2. The normalized spacial score (nSPS) is 19.0. The van der Waals surface area contributed by atoms with E-state index in [1.807, 2.05) is 32.9 Å². The van der Waals surface area contributed by atoms with Crippen LogP contribution in [0.2, 0.25) is 0 Å². The summed E-state index contributed by atoms with van der Waals surface area (Å²) < 4.78 is 39.7. The van der Waals surface area contributed by atoms with Crippen LogP contribution < -0.4 is 5.32 Å². The van der Waals surface area contributed by atoms with Crippen molar-refractivity contribution in [2.24, 2.45) is 11.8 Å². The second-order valence-electron chi connectivity index (χ2n) is 8.50. The molecule has 0 aliphatic carbocycles. The van der Waals surface area contributed by atoms with E-state index in [0.29, 0.717) is 17.7 Å². The molecule has 0 spiro atoms. The Labute approximate surface area is 180 Å². The number of nitrogens with zero attached hydrogens (tertiary/aromatic N) is 1. The first-order valence-corrected chi connectivity index (χ1v) is 10.4. The molecule has 3 rings (SSSR count). The Morgan fingerprint density at radius 2 is 1.81 bits per heavy atom. The first-order valence-electron chi connectivity index (χ1n) is 10.4. The molecule has 2 atom stereocenters. The van der Waals surface area contributed by atoms with Gasteiger partial charge in [0.1, 0.15) is 0 Å². The van der Waals surface area contributed by atoms with Gasteiger partial charge in [0.15, 0.2) is 0 Å². The smallest absolute Gasteiger partial charge is 0.356 e. The molecule has 1 N–H and O–H groups in total. The van der Waals surface area contributed by atoms with E-state index >= 15 is 0 Å². The van der Waals surface area contributed by atoms with Crippen LogP contribution in [0.5, 0.6) is 0 Å². The third kappa shape index (κ3) is 5.27. The van der Waals surface area contributed by atoms with Crippen LogP contribution in [0.4, 0.5) is 13.2 Å². The number of aryl methyl sites for hydroxylation is 1. The zero-order valence-corrected chi connectivity index (χ0v) is 17.9. The maximum absolute atomic E-state index is 13.2. The van der Waals surface area contributed by atoms with Crippen molar-refractivity contribution in [2.75, 3.05) is 19.6 Å². The molecule has 0 bridgehead atoms. The van der Waals surface area contributed by atoms with E-state index in [-0.39, 0.29) is 30.8 Å². The summed E-state index contributed by atoms with van der Waals surface area (Å²) in [5.74, 6) is -1.34. The molecule has 0 saturated carbocycles. The van der Waals surface area contributed by atoms with Crippen LogP contribution in [-0.4, -0.2) is 36.3 Å². The number of nitrogens with one attached hydrogen (secondary N) is 1. The molecular formula is C24H27F3N2O2. The fraction of sp³-hybridized carbons (Fsp3) is 0.417. The van der Waals surface area contributed by atoms with Gasteiger partial charge in [0.05, 0.1) is 11.5 Å². The molecule has 2 unspecified atom stereocenters. The van der Waals surface area contributed by atoms with Crippen molar-refractivity contribution >= 4 is 11.8 Å². The van der Waals surface area contributed by atoms with Crippen LogP contribution >= 0.6 is 0 Å². The molecule has 7 heteroatoms. The molecule has 1 saturated heterocycles. The van der Waals surface area contributed by atoms with Crippen molar-refractivity contribution in [3.63, 3.8) is 0 Å². The largest absolute Gasteiger partial charge is 0.416 e. The molecule has 1 aliphatic heterocycles. The Morgan fingerprint density at radius 1 is 1.10 bits per heavy atom. The van der Waals surface area contributed by atoms with E-state index in [1.165, 1.54) is 6.07 Å². The maximum atomic E-state index is 13.2. The first-order chi connectivity index (χ1) is 14.6. The average molecular weight is 432 g/mol. The van der Waals surface area contributed by atoms with Crippen LogP contribution in [-0.2, 0) is 11.0 Å². The number of alkyl halides is 3. The minimum atomic E-state index is -4.47. The molecule has 2 amide bonds. The summed E-state index contributed by atoms with van der Waals surface area (Å²) in [6.07, 6.45) is -4.47. The summed E-state index contributed by atoms with van der Waals surface area (Å²) in [6, 6.07) is 12.2. The zero-order chi connectivity index (χ0) is 22.8. The highest BCUT2D eigenvalue weighted by Gasteiger charge is 2.41. The average Bonchev–Trinajstić information content (AvgIpc) is 3.17. The van der Waals surface area contributed by atoms with Gasteiger partial charge in [0.2, 0.25) is 5.91 Å². The lowest BCUT2D eigenvalue weighted by Gasteiger charge is -2.20. The highest BCUT2D eigenvalue weighted by Crippen LogP contribution is 2.37. The molecule has 1 aliphatic rings. The molecule has 0 aromatic heterocycles. The maximum Gasteiger partial charge on any atom is 0.416 e. The third-order valence-electron chi connectivity index (χ3n) is 5.65. The fourth-order valence-corrected chi connectivity index (χ4v) is 3.94. The zero-order valence-electron chi connectivity index (χ0n) is 17.9. The summed E-state index contributed by atoms with van der Waals surface area (Å²) in [7, 11) is 0. The van der Waals surface area contributed by atoms with Crippen molar-refractivity contribution < 1.29 is 22.8 Å². The van der Waals surface area contributed by atoms with E-state index in [1.54, 1.807) is 23.1 Å². The van der Waals surface area contributed by atoms with Crippen LogP contribution in [0, 0.1) is 18.8 Å². The summed E-state index contributed by atoms with van der Waals surface area (Å²) in [5, 5.41) is 2.88. The Balaban J connectivity index is 1.92. The van der Waals surface area contributed by atoms with Gasteiger partial charge in [-0.2, -0.15) is 13.2 Å². The molecule has 2 aromatic carbocycles. The van der Waals surface area contributed by atoms with Crippen molar-refractivity contribution in [3.8, 4) is 0 Å². The van der Waals surface area contributed by atoms with Crippen molar-refractivity contribution in [3.05, 3.63) is 70.8 Å². The standard InChI is InChI=1S/C24H27F3N2O2/c1-15(2)12-28-22(30)21-14-29(23(31)19-10-5-4-7-16(19)3)13-20(21)17-8-6-9-18(11-17)24(25,26)27/h4-11,15,20-21H,12-14H2,1-3H3,(H,28,30). The van der Waals surface area contributed by atoms with Gasteiger partial charge in [-0.3, -0.25) is 9.59 Å². The number of hydrogen-bond acceptors (Lipinski definition) is 2. The summed E-state index contributed by atoms with van der Waals surface area (Å²) in [5.41, 5.74) is 1.01. The lowest BCUT2D eigenvalue weighted by Crippen LogP contribution is -2.37. The van der Waals surface area contributed by atoms with Crippen molar-refractivity contribution in [2.45, 2.75) is 32.9 Å². The van der Waals surface area contributed by atoms with E-state index in [4.69, 9.17) is 0 Å². The van der Waals surface area contributed by atoms with E-state index in [0.717, 1.165) is 17.7 Å². The lowest BCUT2D eigenvalue weighted by atomic mass is 9.87. The van der Waals surface area contributed by atoms with Crippen LogP contribution in [0.25, 0.3) is 0 Å². The Hall–Kier alpha value is -2.83. The van der Waals surface area contributed by atoms with E-state index in [2.05, 4.69) is 5.32 Å². The number of hydrogen-bond donors (Lipinski definition) is 1. The van der Waals surface area contributed by atoms with Crippen LogP contribution in [0.15, 0.2) is 48.5 Å². The predicted molar refractivity (Wildman–Crippen MR) is 113 cm³/mol. The van der Waals surface area contributed by atoms with Gasteiger partial charge < -0.3 is 10.2 Å². The number of carbonyl (C=O) groups excluding carboxylic acids is 2. The monoisotopic (exact) mass is 432 g/mol. The number of likely N-dealkylation sites (tertiary alicyclic amines) is 1. The number of rotatable bonds is 5. The Morgan fingerprint density at radius 3 is 2.45 bits per heavy atom. The molecule has 4 nitrogen and oxygen atoms in total. The molecule has 166 valence electrons. The quantitative estimate of drug-likeness (QED) is 0.748. The molecule has 0 radical (unpaired) electrons. The highest BCUT2D eigenvalue weighted by atomic mass is 19.4. The number of amides is 2. The second kappa shape index (κ2) is 9.12. The van der Waals surface area contributed by atoms with Gasteiger partial charge in [-0.15, -0.1) is 0 Å². The summed E-state index contributed by atoms with van der Waals surface area (Å²) in [4.78, 5) is 27.6. The van der Waals surface area contributed by atoms with E-state index in [9.17, 15) is 22.8 Å². The summed E-state index contributed by atoms with van der Waals surface area (Å²) in [6.45, 7) is 6.59. The third-order valence-corrected chi connectivity index (χ3v) is 5.65. The van der Waals surface area contributed by atoms with Crippen LogP contribution in [0.3, 0.4) is 0 Å². The van der Waals surface area contributed by atoms with Gasteiger partial charge in [-0.1, -0.05) is 50.2 Å². The molecule has 2 aromatic rings. The lowest BCUT2D eigenvalue weighted by molar-refractivity contribution is -0.137. The Kier molecular flexibility index (Phi) is 6.72. The topological polar surface area (TPSA) is 49.4 Å². The molecule has 1 heterocycles.